The molecule has 0 aliphatic rings. The van der Waals surface area contributed by atoms with Gasteiger partial charge in [-0.15, -0.1) is 0 Å². The second-order valence-corrected chi connectivity index (χ2v) is 3.84. The molecule has 1 aromatic heterocycles. The first kappa shape index (κ1) is 13.8. The normalized spacial score (nSPS) is 11.0. The molecule has 0 bridgehead atoms. The molecular weight excluding hydrogens is 275 g/mol. The molecule has 0 saturated carbocycles. The van der Waals surface area contributed by atoms with Crippen molar-refractivity contribution in [2.75, 3.05) is 0 Å². The number of rotatable bonds is 3. The van der Waals surface area contributed by atoms with Gasteiger partial charge in [-0.3, -0.25) is 0 Å². The second kappa shape index (κ2) is 5.55. The van der Waals surface area contributed by atoms with Crippen molar-refractivity contribution in [1.29, 1.82) is 0 Å². The standard InChI is InChI=1S/C12H8F3N3O2/c1-18-5-10(16-6-18)12(19)20-17-4-7-2-8(13)11(15)9(14)3-7/h2-6H,1H3. The van der Waals surface area contributed by atoms with Crippen LogP contribution in [0, 0.1) is 17.5 Å². The Balaban J connectivity index is 2.05. The van der Waals surface area contributed by atoms with E-state index in [9.17, 15) is 18.0 Å². The smallest absolute Gasteiger partial charge is 0.340 e. The summed E-state index contributed by atoms with van der Waals surface area (Å²) in [5.74, 6) is -5.12. The number of nitrogens with zero attached hydrogens (tertiary/aromatic N) is 3. The Bertz CT molecular complexity index is 659. The fraction of sp³-hybridized carbons (Fsp3) is 0.0833. The lowest BCUT2D eigenvalue weighted by Gasteiger charge is -1.97. The van der Waals surface area contributed by atoms with Gasteiger partial charge in [0.05, 0.1) is 12.5 Å². The predicted octanol–water partition coefficient (Wildman–Crippen LogP) is 2.03. The lowest BCUT2D eigenvalue weighted by Crippen LogP contribution is -2.02. The molecule has 1 heterocycles. The summed E-state index contributed by atoms with van der Waals surface area (Å²) in [5, 5.41) is 3.26. The summed E-state index contributed by atoms with van der Waals surface area (Å²) in [5.41, 5.74) is -0.0589. The third-order valence-electron chi connectivity index (χ3n) is 2.26. The topological polar surface area (TPSA) is 56.5 Å². The minimum Gasteiger partial charge on any atom is -0.340 e. The Labute approximate surface area is 111 Å². The molecule has 0 aliphatic carbocycles. The van der Waals surface area contributed by atoms with Crippen molar-refractivity contribution >= 4 is 12.2 Å². The average molecular weight is 283 g/mol. The van der Waals surface area contributed by atoms with E-state index >= 15 is 0 Å². The van der Waals surface area contributed by atoms with Gasteiger partial charge >= 0.3 is 5.97 Å². The maximum Gasteiger partial charge on any atom is 0.385 e. The molecule has 0 radical (unpaired) electrons. The number of aryl methyl sites for hydroxylation is 1. The molecule has 0 saturated heterocycles. The number of oxime groups is 1. The fourth-order valence-corrected chi connectivity index (χ4v) is 1.35. The lowest BCUT2D eigenvalue weighted by atomic mass is 10.2. The molecule has 0 N–H and O–H groups in total. The summed E-state index contributed by atoms with van der Waals surface area (Å²) in [6.07, 6.45) is 3.69. The van der Waals surface area contributed by atoms with E-state index in [2.05, 4.69) is 15.0 Å². The van der Waals surface area contributed by atoms with Crippen molar-refractivity contribution in [3.05, 3.63) is 53.4 Å². The number of hydrogen-bond acceptors (Lipinski definition) is 4. The molecule has 1 aromatic carbocycles. The quantitative estimate of drug-likeness (QED) is 0.375. The van der Waals surface area contributed by atoms with Crippen molar-refractivity contribution in [2.45, 2.75) is 0 Å². The van der Waals surface area contributed by atoms with Crippen LogP contribution in [0.5, 0.6) is 0 Å². The Morgan fingerprint density at radius 3 is 2.55 bits per heavy atom. The van der Waals surface area contributed by atoms with Gasteiger partial charge in [-0.1, -0.05) is 5.16 Å². The SMILES string of the molecule is Cn1cnc(C(=O)ON=Cc2cc(F)c(F)c(F)c2)c1. The summed E-state index contributed by atoms with van der Waals surface area (Å²) in [6, 6.07) is 1.44. The van der Waals surface area contributed by atoms with Gasteiger partial charge in [-0.25, -0.2) is 22.9 Å². The minimum absolute atomic E-state index is 0.0288. The summed E-state index contributed by atoms with van der Waals surface area (Å²) >= 11 is 0. The first-order valence-electron chi connectivity index (χ1n) is 5.34. The van der Waals surface area contributed by atoms with E-state index in [1.165, 1.54) is 17.1 Å². The first-order chi connectivity index (χ1) is 9.47. The molecule has 5 nitrogen and oxygen atoms in total. The van der Waals surface area contributed by atoms with Crippen LogP contribution in [-0.2, 0) is 11.9 Å². The third kappa shape index (κ3) is 3.02. The number of aromatic nitrogens is 2. The van der Waals surface area contributed by atoms with Crippen molar-refractivity contribution in [1.82, 2.24) is 9.55 Å². The van der Waals surface area contributed by atoms with Gasteiger partial charge in [-0.2, -0.15) is 0 Å². The maximum atomic E-state index is 12.9. The van der Waals surface area contributed by atoms with Gasteiger partial charge < -0.3 is 9.40 Å². The van der Waals surface area contributed by atoms with Crippen LogP contribution in [0.25, 0.3) is 0 Å². The number of benzene rings is 1. The second-order valence-electron chi connectivity index (χ2n) is 3.84. The predicted molar refractivity (Wildman–Crippen MR) is 62.5 cm³/mol. The van der Waals surface area contributed by atoms with Gasteiger partial charge in [-0.05, 0) is 12.1 Å². The number of carbonyl (C=O) groups is 1. The molecule has 2 aromatic rings. The first-order valence-corrected chi connectivity index (χ1v) is 5.34. The average Bonchev–Trinajstić information content (AvgIpc) is 2.82. The summed E-state index contributed by atoms with van der Waals surface area (Å²) in [4.78, 5) is 19.6. The molecular formula is C12H8F3N3O2. The Hall–Kier alpha value is -2.64. The van der Waals surface area contributed by atoms with Crippen molar-refractivity contribution in [2.24, 2.45) is 12.2 Å². The highest BCUT2D eigenvalue weighted by atomic mass is 19.2. The van der Waals surface area contributed by atoms with Crippen LogP contribution >= 0.6 is 0 Å². The van der Waals surface area contributed by atoms with Crippen molar-refractivity contribution in [3.8, 4) is 0 Å². The summed E-state index contributed by atoms with van der Waals surface area (Å²) in [6.45, 7) is 0. The van der Waals surface area contributed by atoms with Crippen LogP contribution in [0.1, 0.15) is 16.1 Å². The van der Waals surface area contributed by atoms with E-state index in [1.807, 2.05) is 0 Å². The molecule has 0 spiro atoms. The van der Waals surface area contributed by atoms with Crippen molar-refractivity contribution < 1.29 is 22.8 Å². The Morgan fingerprint density at radius 1 is 1.35 bits per heavy atom. The maximum absolute atomic E-state index is 12.9. The molecule has 0 unspecified atom stereocenters. The minimum atomic E-state index is -1.58. The molecule has 104 valence electrons. The van der Waals surface area contributed by atoms with E-state index < -0.39 is 23.4 Å². The number of imidazole rings is 1. The Morgan fingerprint density at radius 2 is 2.00 bits per heavy atom. The zero-order valence-corrected chi connectivity index (χ0v) is 10.2. The van der Waals surface area contributed by atoms with E-state index in [4.69, 9.17) is 0 Å². The zero-order chi connectivity index (χ0) is 14.7. The van der Waals surface area contributed by atoms with Gasteiger partial charge in [0, 0.05) is 18.8 Å². The molecule has 0 aliphatic heterocycles. The van der Waals surface area contributed by atoms with Gasteiger partial charge in [0.15, 0.2) is 23.1 Å². The van der Waals surface area contributed by atoms with Gasteiger partial charge in [0.2, 0.25) is 0 Å². The monoisotopic (exact) mass is 283 g/mol. The summed E-state index contributed by atoms with van der Waals surface area (Å²) < 4.78 is 40.0. The Kier molecular flexibility index (Phi) is 3.83. The van der Waals surface area contributed by atoms with Gasteiger partial charge in [0.1, 0.15) is 0 Å². The fourth-order valence-electron chi connectivity index (χ4n) is 1.35. The molecule has 0 atom stereocenters. The number of halogens is 3. The zero-order valence-electron chi connectivity index (χ0n) is 10.2. The molecule has 8 heteroatoms. The number of carbonyl (C=O) groups excluding carboxylic acids is 1. The molecule has 0 amide bonds. The molecule has 0 fully saturated rings. The van der Waals surface area contributed by atoms with Crippen LogP contribution in [0.3, 0.4) is 0 Å². The van der Waals surface area contributed by atoms with E-state index in [0.29, 0.717) is 0 Å². The van der Waals surface area contributed by atoms with Crippen LogP contribution in [-0.4, -0.2) is 21.7 Å². The van der Waals surface area contributed by atoms with Crippen LogP contribution in [0.4, 0.5) is 13.2 Å². The highest BCUT2D eigenvalue weighted by Gasteiger charge is 2.11. The lowest BCUT2D eigenvalue weighted by molar-refractivity contribution is 0.0513. The number of hydrogen-bond donors (Lipinski definition) is 0. The van der Waals surface area contributed by atoms with E-state index in [0.717, 1.165) is 18.3 Å². The van der Waals surface area contributed by atoms with Crippen LogP contribution < -0.4 is 0 Å². The third-order valence-corrected chi connectivity index (χ3v) is 2.26. The van der Waals surface area contributed by atoms with Crippen molar-refractivity contribution in [3.63, 3.8) is 0 Å². The summed E-state index contributed by atoms with van der Waals surface area (Å²) in [7, 11) is 1.66. The van der Waals surface area contributed by atoms with Gasteiger partial charge in [0.25, 0.3) is 0 Å². The largest absolute Gasteiger partial charge is 0.385 e. The van der Waals surface area contributed by atoms with Crippen LogP contribution in [0.2, 0.25) is 0 Å². The molecule has 2 rings (SSSR count). The highest BCUT2D eigenvalue weighted by Crippen LogP contribution is 2.12. The molecule has 20 heavy (non-hydrogen) atoms. The van der Waals surface area contributed by atoms with E-state index in [1.54, 1.807) is 7.05 Å². The van der Waals surface area contributed by atoms with E-state index in [-0.39, 0.29) is 11.3 Å². The van der Waals surface area contributed by atoms with Crippen LogP contribution in [0.15, 0.2) is 29.8 Å². The highest BCUT2D eigenvalue weighted by molar-refractivity contribution is 5.87.